The summed E-state index contributed by atoms with van der Waals surface area (Å²) in [7, 11) is 0. The second kappa shape index (κ2) is 8.91. The molecule has 0 N–H and O–H groups in total. The van der Waals surface area contributed by atoms with Gasteiger partial charge in [0, 0.05) is 52.4 Å². The molecule has 0 spiro atoms. The third kappa shape index (κ3) is 4.57. The van der Waals surface area contributed by atoms with Crippen LogP contribution in [0.3, 0.4) is 0 Å². The van der Waals surface area contributed by atoms with Crippen molar-refractivity contribution >= 4 is 0 Å². The van der Waals surface area contributed by atoms with Crippen LogP contribution < -0.4 is 0 Å². The zero-order valence-electron chi connectivity index (χ0n) is 17.6. The molecule has 4 heterocycles. The van der Waals surface area contributed by atoms with Gasteiger partial charge in [-0.25, -0.2) is 9.97 Å². The molecule has 0 saturated heterocycles. The zero-order chi connectivity index (χ0) is 20.9. The molecule has 0 amide bonds. The highest BCUT2D eigenvalue weighted by Crippen LogP contribution is 2.27. The minimum atomic E-state index is 0.651. The number of hydrogen-bond donors (Lipinski definition) is 0. The Labute approximate surface area is 177 Å². The van der Waals surface area contributed by atoms with Gasteiger partial charge in [-0.3, -0.25) is 15.0 Å². The Morgan fingerprint density at radius 3 is 1.70 bits per heavy atom. The predicted octanol–water partition coefficient (Wildman–Crippen LogP) is 5.62. The van der Waals surface area contributed by atoms with Crippen LogP contribution in [0.2, 0.25) is 0 Å². The molecule has 0 radical (unpaired) electrons. The van der Waals surface area contributed by atoms with Crippen molar-refractivity contribution in [2.24, 2.45) is 0 Å². The molecular weight excluding hydrogens is 370 g/mol. The molecule has 4 rings (SSSR count). The van der Waals surface area contributed by atoms with E-state index in [0.717, 1.165) is 64.4 Å². The van der Waals surface area contributed by atoms with Gasteiger partial charge < -0.3 is 0 Å². The second-order valence-electron chi connectivity index (χ2n) is 7.48. The van der Waals surface area contributed by atoms with E-state index in [1.54, 1.807) is 0 Å². The minimum absolute atomic E-state index is 0.651. The SMILES string of the molecule is CCCCc1ccc(-c2nc(-c3ccc(C)nc3)cc(-c3ccc(C)nc3)n2)cn1. The van der Waals surface area contributed by atoms with Gasteiger partial charge in [-0.15, -0.1) is 0 Å². The first-order chi connectivity index (χ1) is 14.6. The smallest absolute Gasteiger partial charge is 0.161 e. The van der Waals surface area contributed by atoms with Crippen LogP contribution in [-0.2, 0) is 6.42 Å². The summed E-state index contributed by atoms with van der Waals surface area (Å²) in [5, 5.41) is 0. The van der Waals surface area contributed by atoms with Crippen LogP contribution in [0.15, 0.2) is 61.1 Å². The molecule has 150 valence electrons. The zero-order valence-corrected chi connectivity index (χ0v) is 17.6. The van der Waals surface area contributed by atoms with E-state index in [1.807, 2.05) is 62.8 Å². The van der Waals surface area contributed by atoms with Gasteiger partial charge in [0.1, 0.15) is 0 Å². The van der Waals surface area contributed by atoms with Gasteiger partial charge in [0.05, 0.1) is 11.4 Å². The summed E-state index contributed by atoms with van der Waals surface area (Å²) in [6.07, 6.45) is 8.87. The van der Waals surface area contributed by atoms with Crippen LogP contribution >= 0.6 is 0 Å². The second-order valence-corrected chi connectivity index (χ2v) is 7.48. The molecule has 30 heavy (non-hydrogen) atoms. The summed E-state index contributed by atoms with van der Waals surface area (Å²) in [5.41, 5.74) is 7.53. The summed E-state index contributed by atoms with van der Waals surface area (Å²) in [5.74, 6) is 0.651. The van der Waals surface area contributed by atoms with E-state index in [-0.39, 0.29) is 0 Å². The Hall–Kier alpha value is -3.47. The Morgan fingerprint density at radius 1 is 0.667 bits per heavy atom. The molecule has 0 aliphatic heterocycles. The lowest BCUT2D eigenvalue weighted by Crippen LogP contribution is -1.98. The number of aromatic nitrogens is 5. The Kier molecular flexibility index (Phi) is 5.89. The Morgan fingerprint density at radius 2 is 1.23 bits per heavy atom. The van der Waals surface area contributed by atoms with Gasteiger partial charge >= 0.3 is 0 Å². The lowest BCUT2D eigenvalue weighted by Gasteiger charge is -2.09. The highest BCUT2D eigenvalue weighted by atomic mass is 14.9. The average Bonchev–Trinajstić information content (AvgIpc) is 2.79. The summed E-state index contributed by atoms with van der Waals surface area (Å²) < 4.78 is 0. The third-order valence-corrected chi connectivity index (χ3v) is 5.01. The van der Waals surface area contributed by atoms with Crippen LogP contribution in [0.5, 0.6) is 0 Å². The van der Waals surface area contributed by atoms with Gasteiger partial charge in [0.25, 0.3) is 0 Å². The van der Waals surface area contributed by atoms with Gasteiger partial charge in [-0.1, -0.05) is 13.3 Å². The molecule has 4 aromatic heterocycles. The molecule has 5 heteroatoms. The summed E-state index contributed by atoms with van der Waals surface area (Å²) >= 11 is 0. The summed E-state index contributed by atoms with van der Waals surface area (Å²) in [6, 6.07) is 14.2. The maximum Gasteiger partial charge on any atom is 0.161 e. The molecule has 0 bridgehead atoms. The van der Waals surface area contributed by atoms with E-state index < -0.39 is 0 Å². The lowest BCUT2D eigenvalue weighted by molar-refractivity contribution is 0.777. The molecule has 0 saturated carbocycles. The topological polar surface area (TPSA) is 64.5 Å². The van der Waals surface area contributed by atoms with Gasteiger partial charge in [0.15, 0.2) is 5.82 Å². The van der Waals surface area contributed by atoms with Crippen LogP contribution in [-0.4, -0.2) is 24.9 Å². The third-order valence-electron chi connectivity index (χ3n) is 5.01. The van der Waals surface area contributed by atoms with Gasteiger partial charge in [-0.2, -0.15) is 0 Å². The monoisotopic (exact) mass is 395 g/mol. The van der Waals surface area contributed by atoms with E-state index in [0.29, 0.717) is 5.82 Å². The molecule has 4 aromatic rings. The number of unbranched alkanes of at least 4 members (excludes halogenated alkanes) is 1. The molecule has 0 unspecified atom stereocenters. The normalized spacial score (nSPS) is 10.9. The van der Waals surface area contributed by atoms with E-state index in [4.69, 9.17) is 9.97 Å². The lowest BCUT2D eigenvalue weighted by atomic mass is 10.1. The highest BCUT2D eigenvalue weighted by Gasteiger charge is 2.11. The molecule has 0 fully saturated rings. The van der Waals surface area contributed by atoms with Crippen molar-refractivity contribution in [1.29, 1.82) is 0 Å². The number of rotatable bonds is 6. The van der Waals surface area contributed by atoms with Gasteiger partial charge in [-0.05, 0) is 69.2 Å². The quantitative estimate of drug-likeness (QED) is 0.424. The van der Waals surface area contributed by atoms with Crippen molar-refractivity contribution in [2.45, 2.75) is 40.0 Å². The Bertz CT molecular complexity index is 1050. The largest absolute Gasteiger partial charge is 0.261 e. The van der Waals surface area contributed by atoms with Crippen molar-refractivity contribution in [3.63, 3.8) is 0 Å². The van der Waals surface area contributed by atoms with Crippen LogP contribution in [0.25, 0.3) is 33.9 Å². The fraction of sp³-hybridized carbons (Fsp3) is 0.240. The summed E-state index contributed by atoms with van der Waals surface area (Å²) in [4.78, 5) is 23.1. The highest BCUT2D eigenvalue weighted by molar-refractivity contribution is 5.70. The fourth-order valence-corrected chi connectivity index (χ4v) is 3.17. The molecule has 0 atom stereocenters. The minimum Gasteiger partial charge on any atom is -0.261 e. The van der Waals surface area contributed by atoms with E-state index in [1.165, 1.54) is 0 Å². The van der Waals surface area contributed by atoms with Crippen LogP contribution in [0.1, 0.15) is 36.8 Å². The first kappa shape index (κ1) is 19.8. The first-order valence-electron chi connectivity index (χ1n) is 10.3. The van der Waals surface area contributed by atoms with E-state index in [2.05, 4.69) is 34.0 Å². The first-order valence-corrected chi connectivity index (χ1v) is 10.3. The predicted molar refractivity (Wildman–Crippen MR) is 120 cm³/mol. The maximum atomic E-state index is 4.83. The maximum absolute atomic E-state index is 4.83. The standard InChI is InChI=1S/C25H25N5/c1-4-5-6-22-12-11-21(16-28-22)25-29-23(19-9-7-17(2)26-14-19)13-24(30-25)20-10-8-18(3)27-15-20/h7-16H,4-6H2,1-3H3. The fourth-order valence-electron chi connectivity index (χ4n) is 3.17. The van der Waals surface area contributed by atoms with E-state index >= 15 is 0 Å². The summed E-state index contributed by atoms with van der Waals surface area (Å²) in [6.45, 7) is 6.14. The number of pyridine rings is 3. The number of nitrogens with zero attached hydrogens (tertiary/aromatic N) is 5. The molecule has 0 aliphatic rings. The molecular formula is C25H25N5. The van der Waals surface area contributed by atoms with Crippen molar-refractivity contribution < 1.29 is 0 Å². The van der Waals surface area contributed by atoms with Gasteiger partial charge in [0.2, 0.25) is 0 Å². The number of hydrogen-bond acceptors (Lipinski definition) is 5. The van der Waals surface area contributed by atoms with Crippen molar-refractivity contribution in [3.05, 3.63) is 78.1 Å². The molecule has 5 nitrogen and oxygen atoms in total. The molecule has 0 aromatic carbocycles. The average molecular weight is 396 g/mol. The van der Waals surface area contributed by atoms with Crippen molar-refractivity contribution in [2.75, 3.05) is 0 Å². The van der Waals surface area contributed by atoms with Crippen molar-refractivity contribution in [3.8, 4) is 33.9 Å². The molecule has 0 aliphatic carbocycles. The van der Waals surface area contributed by atoms with Crippen LogP contribution in [0.4, 0.5) is 0 Å². The Balaban J connectivity index is 1.78. The number of aryl methyl sites for hydroxylation is 3. The van der Waals surface area contributed by atoms with Crippen LogP contribution in [0, 0.1) is 13.8 Å². The van der Waals surface area contributed by atoms with Crippen molar-refractivity contribution in [1.82, 2.24) is 24.9 Å². The van der Waals surface area contributed by atoms with E-state index in [9.17, 15) is 0 Å².